The summed E-state index contributed by atoms with van der Waals surface area (Å²) in [6, 6.07) is 16.7. The fraction of sp³-hybridized carbons (Fsp3) is 0.500. The summed E-state index contributed by atoms with van der Waals surface area (Å²) in [5.41, 5.74) is 2.49. The van der Waals surface area contributed by atoms with Gasteiger partial charge in [0.05, 0.1) is 13.2 Å². The maximum absolute atomic E-state index is 6.02. The molecule has 2 aromatic carbocycles. The minimum Gasteiger partial charge on any atom is -0.457 e. The van der Waals surface area contributed by atoms with E-state index in [1.807, 2.05) is 24.3 Å². The lowest BCUT2D eigenvalue weighted by atomic mass is 9.79. The standard InChI is InChI=1S/C24H30O3/c1-17-3-5-19(6-4-17)20-7-11-22(12-8-20)27-23-13-9-21(10-14-23)24-25-15-18(2)16-26-24/h7-14,17-19,24H,3-6,15-16H2,1-2H3. The SMILES string of the molecule is CC1CCC(c2ccc(Oc3ccc(C4OCC(C)CO4)cc3)cc2)CC1. The van der Waals surface area contributed by atoms with Crippen LogP contribution in [0.5, 0.6) is 11.5 Å². The average molecular weight is 367 g/mol. The molecule has 3 nitrogen and oxygen atoms in total. The first kappa shape index (κ1) is 18.5. The van der Waals surface area contributed by atoms with Crippen molar-refractivity contribution in [3.63, 3.8) is 0 Å². The summed E-state index contributed by atoms with van der Waals surface area (Å²) in [5.74, 6) is 3.79. The Kier molecular flexibility index (Phi) is 5.80. The van der Waals surface area contributed by atoms with Crippen LogP contribution in [-0.4, -0.2) is 13.2 Å². The zero-order chi connectivity index (χ0) is 18.6. The first-order chi connectivity index (χ1) is 13.2. The molecule has 2 aliphatic rings. The summed E-state index contributed by atoms with van der Waals surface area (Å²) in [5, 5.41) is 0. The van der Waals surface area contributed by atoms with Crippen LogP contribution in [0, 0.1) is 11.8 Å². The minimum atomic E-state index is -0.257. The second-order valence-corrected chi connectivity index (χ2v) is 8.30. The van der Waals surface area contributed by atoms with Crippen molar-refractivity contribution >= 4 is 0 Å². The fourth-order valence-corrected chi connectivity index (χ4v) is 4.02. The summed E-state index contributed by atoms with van der Waals surface area (Å²) < 4.78 is 17.5. The van der Waals surface area contributed by atoms with Crippen LogP contribution in [-0.2, 0) is 9.47 Å². The van der Waals surface area contributed by atoms with Gasteiger partial charge in [-0.25, -0.2) is 0 Å². The zero-order valence-electron chi connectivity index (χ0n) is 16.4. The van der Waals surface area contributed by atoms with Crippen molar-refractivity contribution in [1.82, 2.24) is 0 Å². The Morgan fingerprint density at radius 3 is 1.74 bits per heavy atom. The lowest BCUT2D eigenvalue weighted by molar-refractivity contribution is -0.202. The highest BCUT2D eigenvalue weighted by atomic mass is 16.7. The topological polar surface area (TPSA) is 27.7 Å². The third kappa shape index (κ3) is 4.72. The molecule has 0 N–H and O–H groups in total. The molecule has 4 rings (SSSR count). The lowest BCUT2D eigenvalue weighted by Gasteiger charge is -2.27. The van der Waals surface area contributed by atoms with E-state index in [0.29, 0.717) is 11.8 Å². The fourth-order valence-electron chi connectivity index (χ4n) is 4.02. The molecule has 1 saturated heterocycles. The van der Waals surface area contributed by atoms with Gasteiger partial charge in [-0.2, -0.15) is 0 Å². The van der Waals surface area contributed by atoms with E-state index in [0.717, 1.165) is 36.2 Å². The van der Waals surface area contributed by atoms with Crippen LogP contribution in [0.25, 0.3) is 0 Å². The maximum Gasteiger partial charge on any atom is 0.183 e. The molecule has 0 spiro atoms. The Bertz CT molecular complexity index is 643. The highest BCUT2D eigenvalue weighted by Gasteiger charge is 2.21. The smallest absolute Gasteiger partial charge is 0.183 e. The normalized spacial score (nSPS) is 28.7. The number of ether oxygens (including phenoxy) is 3. The Morgan fingerprint density at radius 2 is 1.19 bits per heavy atom. The quantitative estimate of drug-likeness (QED) is 0.622. The Labute approximate surface area is 162 Å². The van der Waals surface area contributed by atoms with Crippen LogP contribution in [0.15, 0.2) is 48.5 Å². The molecule has 2 fully saturated rings. The van der Waals surface area contributed by atoms with Gasteiger partial charge in [-0.15, -0.1) is 0 Å². The van der Waals surface area contributed by atoms with Crippen molar-refractivity contribution in [1.29, 1.82) is 0 Å². The van der Waals surface area contributed by atoms with Crippen molar-refractivity contribution in [2.24, 2.45) is 11.8 Å². The van der Waals surface area contributed by atoms with Crippen molar-refractivity contribution in [2.45, 2.75) is 51.7 Å². The second-order valence-electron chi connectivity index (χ2n) is 8.30. The van der Waals surface area contributed by atoms with Gasteiger partial charge in [0, 0.05) is 11.5 Å². The number of rotatable bonds is 4. The first-order valence-corrected chi connectivity index (χ1v) is 10.3. The number of benzene rings is 2. The summed E-state index contributed by atoms with van der Waals surface area (Å²) in [6.45, 7) is 5.99. The van der Waals surface area contributed by atoms with E-state index in [1.54, 1.807) is 0 Å². The third-order valence-electron chi connectivity index (χ3n) is 5.82. The Balaban J connectivity index is 1.35. The summed E-state index contributed by atoms with van der Waals surface area (Å²) in [4.78, 5) is 0. The van der Waals surface area contributed by atoms with Gasteiger partial charge in [0.2, 0.25) is 0 Å². The molecule has 144 valence electrons. The van der Waals surface area contributed by atoms with Crippen LogP contribution in [0.3, 0.4) is 0 Å². The van der Waals surface area contributed by atoms with Crippen LogP contribution >= 0.6 is 0 Å². The minimum absolute atomic E-state index is 0.257. The van der Waals surface area contributed by atoms with Gasteiger partial charge in [0.25, 0.3) is 0 Å². The van der Waals surface area contributed by atoms with E-state index in [1.165, 1.54) is 31.2 Å². The molecular weight excluding hydrogens is 336 g/mol. The second kappa shape index (κ2) is 8.45. The summed E-state index contributed by atoms with van der Waals surface area (Å²) >= 11 is 0. The molecule has 0 atom stereocenters. The van der Waals surface area contributed by atoms with Gasteiger partial charge < -0.3 is 14.2 Å². The number of hydrogen-bond acceptors (Lipinski definition) is 3. The molecule has 0 unspecified atom stereocenters. The Hall–Kier alpha value is -1.84. The largest absolute Gasteiger partial charge is 0.457 e. The highest BCUT2D eigenvalue weighted by Crippen LogP contribution is 2.36. The first-order valence-electron chi connectivity index (χ1n) is 10.3. The molecule has 0 aromatic heterocycles. The van der Waals surface area contributed by atoms with Crippen molar-refractivity contribution in [2.75, 3.05) is 13.2 Å². The summed E-state index contributed by atoms with van der Waals surface area (Å²) in [7, 11) is 0. The molecule has 0 bridgehead atoms. The monoisotopic (exact) mass is 366 g/mol. The molecule has 0 radical (unpaired) electrons. The van der Waals surface area contributed by atoms with Crippen molar-refractivity contribution < 1.29 is 14.2 Å². The molecule has 1 heterocycles. The highest BCUT2D eigenvalue weighted by molar-refractivity contribution is 5.35. The molecule has 3 heteroatoms. The maximum atomic E-state index is 6.02. The van der Waals surface area contributed by atoms with Gasteiger partial charge in [-0.1, -0.05) is 51.0 Å². The summed E-state index contributed by atoms with van der Waals surface area (Å²) in [6.07, 6.45) is 5.07. The average Bonchev–Trinajstić information content (AvgIpc) is 2.71. The van der Waals surface area contributed by atoms with Crippen LogP contribution in [0.1, 0.15) is 62.9 Å². The van der Waals surface area contributed by atoms with Crippen LogP contribution in [0.4, 0.5) is 0 Å². The van der Waals surface area contributed by atoms with E-state index in [4.69, 9.17) is 14.2 Å². The van der Waals surface area contributed by atoms with Crippen LogP contribution < -0.4 is 4.74 Å². The van der Waals surface area contributed by atoms with Gasteiger partial charge >= 0.3 is 0 Å². The molecular formula is C24H30O3. The van der Waals surface area contributed by atoms with Gasteiger partial charge in [0.1, 0.15) is 11.5 Å². The lowest BCUT2D eigenvalue weighted by Crippen LogP contribution is -2.24. The van der Waals surface area contributed by atoms with Crippen molar-refractivity contribution in [3.05, 3.63) is 59.7 Å². The van der Waals surface area contributed by atoms with Gasteiger partial charge in [-0.05, 0) is 54.5 Å². The number of hydrogen-bond donors (Lipinski definition) is 0. The molecule has 2 aromatic rings. The zero-order valence-corrected chi connectivity index (χ0v) is 16.4. The molecule has 1 saturated carbocycles. The molecule has 0 amide bonds. The van der Waals surface area contributed by atoms with Crippen molar-refractivity contribution in [3.8, 4) is 11.5 Å². The van der Waals surface area contributed by atoms with E-state index < -0.39 is 0 Å². The Morgan fingerprint density at radius 1 is 0.667 bits per heavy atom. The molecule has 27 heavy (non-hydrogen) atoms. The van der Waals surface area contributed by atoms with Gasteiger partial charge in [-0.3, -0.25) is 0 Å². The van der Waals surface area contributed by atoms with Gasteiger partial charge in [0.15, 0.2) is 6.29 Å². The van der Waals surface area contributed by atoms with E-state index in [-0.39, 0.29) is 6.29 Å². The predicted octanol–water partition coefficient (Wildman–Crippen LogP) is 6.45. The van der Waals surface area contributed by atoms with Crippen LogP contribution in [0.2, 0.25) is 0 Å². The molecule has 1 aliphatic carbocycles. The molecule has 1 aliphatic heterocycles. The van der Waals surface area contributed by atoms with E-state index in [9.17, 15) is 0 Å². The third-order valence-corrected chi connectivity index (χ3v) is 5.82. The van der Waals surface area contributed by atoms with E-state index in [2.05, 4.69) is 38.1 Å². The predicted molar refractivity (Wildman–Crippen MR) is 107 cm³/mol. The van der Waals surface area contributed by atoms with E-state index >= 15 is 0 Å².